The van der Waals surface area contributed by atoms with Gasteiger partial charge in [0.05, 0.1) is 0 Å². The van der Waals surface area contributed by atoms with Crippen LogP contribution in [0.4, 0.5) is 0 Å². The van der Waals surface area contributed by atoms with E-state index in [1.807, 2.05) is 0 Å². The second kappa shape index (κ2) is 9.80. The van der Waals surface area contributed by atoms with Gasteiger partial charge in [0.25, 0.3) is 0 Å². The highest BCUT2D eigenvalue weighted by Crippen LogP contribution is 1.80. The number of hydrogen-bond donors (Lipinski definition) is 0. The Kier molecular flexibility index (Phi) is 9.62. The third-order valence-electron chi connectivity index (χ3n) is 0.736. The Hall–Kier alpha value is -0.200. The van der Waals surface area contributed by atoms with Gasteiger partial charge in [-0.3, -0.25) is 0 Å². The number of ether oxygens (including phenoxy) is 5. The second-order valence-corrected chi connectivity index (χ2v) is 1.66. The molecule has 11 heavy (non-hydrogen) atoms. The first-order valence-corrected chi connectivity index (χ1v) is 3.13. The van der Waals surface area contributed by atoms with Crippen LogP contribution in [0.3, 0.4) is 0 Å². The molecule has 68 valence electrons. The molecule has 0 aromatic carbocycles. The van der Waals surface area contributed by atoms with Crippen molar-refractivity contribution in [3.8, 4) is 0 Å². The SMILES string of the molecule is COCOCOCOCOC. The van der Waals surface area contributed by atoms with Crippen molar-refractivity contribution in [1.29, 1.82) is 0 Å². The van der Waals surface area contributed by atoms with Crippen molar-refractivity contribution in [3.63, 3.8) is 0 Å². The summed E-state index contributed by atoms with van der Waals surface area (Å²) in [4.78, 5) is 0. The zero-order valence-corrected chi connectivity index (χ0v) is 6.87. The van der Waals surface area contributed by atoms with Crippen molar-refractivity contribution in [1.82, 2.24) is 0 Å². The third-order valence-corrected chi connectivity index (χ3v) is 0.736. The van der Waals surface area contributed by atoms with E-state index in [9.17, 15) is 0 Å². The summed E-state index contributed by atoms with van der Waals surface area (Å²) in [6.07, 6.45) is 0. The first-order valence-electron chi connectivity index (χ1n) is 3.13. The molecular formula is C6H14O5. The van der Waals surface area contributed by atoms with E-state index in [-0.39, 0.29) is 27.2 Å². The van der Waals surface area contributed by atoms with E-state index < -0.39 is 0 Å². The van der Waals surface area contributed by atoms with E-state index >= 15 is 0 Å². The van der Waals surface area contributed by atoms with Crippen LogP contribution in [0.15, 0.2) is 0 Å². The van der Waals surface area contributed by atoms with Gasteiger partial charge in [0, 0.05) is 14.2 Å². The Morgan fingerprint density at radius 1 is 0.636 bits per heavy atom. The maximum Gasteiger partial charge on any atom is 0.152 e. The normalized spacial score (nSPS) is 10.4. The first-order chi connectivity index (χ1) is 5.41. The summed E-state index contributed by atoms with van der Waals surface area (Å²) in [5, 5.41) is 0. The zero-order chi connectivity index (χ0) is 8.36. The monoisotopic (exact) mass is 166 g/mol. The molecule has 0 aliphatic heterocycles. The number of hydrogen-bond acceptors (Lipinski definition) is 5. The lowest BCUT2D eigenvalue weighted by Crippen LogP contribution is -2.07. The largest absolute Gasteiger partial charge is 0.359 e. The summed E-state index contributed by atoms with van der Waals surface area (Å²) < 4.78 is 23.6. The van der Waals surface area contributed by atoms with Crippen LogP contribution in [0.25, 0.3) is 0 Å². The van der Waals surface area contributed by atoms with Gasteiger partial charge in [-0.2, -0.15) is 0 Å². The molecule has 0 saturated heterocycles. The molecule has 0 bridgehead atoms. The van der Waals surface area contributed by atoms with Gasteiger partial charge in [0.15, 0.2) is 13.6 Å². The van der Waals surface area contributed by atoms with Gasteiger partial charge in [-0.25, -0.2) is 0 Å². The maximum absolute atomic E-state index is 4.83. The molecule has 0 aromatic heterocycles. The minimum Gasteiger partial charge on any atom is -0.359 e. The highest BCUT2D eigenvalue weighted by Gasteiger charge is 1.86. The molecule has 0 spiro atoms. The van der Waals surface area contributed by atoms with Crippen molar-refractivity contribution in [3.05, 3.63) is 0 Å². The predicted octanol–water partition coefficient (Wildman–Crippen LogP) is 0.159. The molecule has 0 aliphatic carbocycles. The van der Waals surface area contributed by atoms with E-state index in [0.717, 1.165) is 0 Å². The Labute approximate surface area is 66.1 Å². The third kappa shape index (κ3) is 9.80. The molecule has 0 aromatic rings. The van der Waals surface area contributed by atoms with Gasteiger partial charge in [0.1, 0.15) is 13.6 Å². The van der Waals surface area contributed by atoms with Gasteiger partial charge in [-0.05, 0) is 0 Å². The van der Waals surface area contributed by atoms with Crippen LogP contribution < -0.4 is 0 Å². The van der Waals surface area contributed by atoms with Crippen LogP contribution in [-0.4, -0.2) is 41.4 Å². The van der Waals surface area contributed by atoms with E-state index in [0.29, 0.717) is 0 Å². The van der Waals surface area contributed by atoms with Crippen molar-refractivity contribution in [2.75, 3.05) is 41.4 Å². The molecule has 5 heteroatoms. The van der Waals surface area contributed by atoms with E-state index in [1.165, 1.54) is 0 Å². The highest BCUT2D eigenvalue weighted by atomic mass is 16.8. The topological polar surface area (TPSA) is 46.2 Å². The molecule has 0 atom stereocenters. The summed E-state index contributed by atoms with van der Waals surface area (Å²) in [6, 6.07) is 0. The van der Waals surface area contributed by atoms with Gasteiger partial charge >= 0.3 is 0 Å². The van der Waals surface area contributed by atoms with Crippen LogP contribution in [0.2, 0.25) is 0 Å². The quantitative estimate of drug-likeness (QED) is 0.379. The lowest BCUT2D eigenvalue weighted by molar-refractivity contribution is -0.184. The smallest absolute Gasteiger partial charge is 0.152 e. The van der Waals surface area contributed by atoms with Crippen LogP contribution in [0, 0.1) is 0 Å². The van der Waals surface area contributed by atoms with Crippen LogP contribution in [0.5, 0.6) is 0 Å². The maximum atomic E-state index is 4.83. The zero-order valence-electron chi connectivity index (χ0n) is 6.87. The Morgan fingerprint density at radius 2 is 1.00 bits per heavy atom. The summed E-state index contributed by atoms with van der Waals surface area (Å²) in [6.45, 7) is 0.781. The second-order valence-electron chi connectivity index (χ2n) is 1.66. The number of rotatable bonds is 8. The van der Waals surface area contributed by atoms with Gasteiger partial charge < -0.3 is 23.7 Å². The average Bonchev–Trinajstić information content (AvgIpc) is 2.03. The molecule has 0 radical (unpaired) electrons. The fourth-order valence-electron chi connectivity index (χ4n) is 0.387. The fraction of sp³-hybridized carbons (Fsp3) is 1.00. The minimum absolute atomic E-state index is 0.164. The van der Waals surface area contributed by atoms with Gasteiger partial charge in [-0.1, -0.05) is 0 Å². The molecule has 0 amide bonds. The summed E-state index contributed by atoms with van der Waals surface area (Å²) in [7, 11) is 3.09. The lowest BCUT2D eigenvalue weighted by Gasteiger charge is -2.04. The minimum atomic E-state index is 0.164. The van der Waals surface area contributed by atoms with E-state index in [4.69, 9.17) is 14.2 Å². The Balaban J connectivity index is 2.69. The van der Waals surface area contributed by atoms with Crippen LogP contribution in [-0.2, 0) is 23.7 Å². The lowest BCUT2D eigenvalue weighted by atomic mass is 11.2. The van der Waals surface area contributed by atoms with Crippen LogP contribution >= 0.6 is 0 Å². The van der Waals surface area contributed by atoms with Crippen molar-refractivity contribution < 1.29 is 23.7 Å². The van der Waals surface area contributed by atoms with Gasteiger partial charge in [-0.15, -0.1) is 0 Å². The first kappa shape index (κ1) is 10.8. The standard InChI is InChI=1S/C6H14O5/c1-7-3-9-5-11-6-10-4-8-2/h3-6H2,1-2H3. The van der Waals surface area contributed by atoms with Crippen molar-refractivity contribution in [2.24, 2.45) is 0 Å². The average molecular weight is 166 g/mol. The van der Waals surface area contributed by atoms with Gasteiger partial charge in [0.2, 0.25) is 0 Å². The Bertz CT molecular complexity index is 60.0. The summed E-state index contributed by atoms with van der Waals surface area (Å²) >= 11 is 0. The molecule has 0 heterocycles. The van der Waals surface area contributed by atoms with E-state index in [1.54, 1.807) is 14.2 Å². The molecule has 0 fully saturated rings. The summed E-state index contributed by atoms with van der Waals surface area (Å²) in [5.74, 6) is 0. The fourth-order valence-corrected chi connectivity index (χ4v) is 0.387. The molecular weight excluding hydrogens is 152 g/mol. The highest BCUT2D eigenvalue weighted by molar-refractivity contribution is 4.03. The number of methoxy groups -OCH3 is 2. The van der Waals surface area contributed by atoms with Crippen LogP contribution in [0.1, 0.15) is 0 Å². The Morgan fingerprint density at radius 3 is 1.36 bits per heavy atom. The summed E-state index contributed by atoms with van der Waals surface area (Å²) in [5.41, 5.74) is 0. The van der Waals surface area contributed by atoms with Crippen molar-refractivity contribution in [2.45, 2.75) is 0 Å². The molecule has 0 saturated carbocycles. The van der Waals surface area contributed by atoms with Crippen molar-refractivity contribution >= 4 is 0 Å². The molecule has 0 unspecified atom stereocenters. The predicted molar refractivity (Wildman–Crippen MR) is 36.7 cm³/mol. The molecule has 0 N–H and O–H groups in total. The molecule has 0 aliphatic rings. The molecule has 0 rings (SSSR count). The molecule has 5 nitrogen and oxygen atoms in total. The van der Waals surface area contributed by atoms with E-state index in [2.05, 4.69) is 9.47 Å².